The van der Waals surface area contributed by atoms with Gasteiger partial charge in [-0.25, -0.2) is 4.57 Å². The summed E-state index contributed by atoms with van der Waals surface area (Å²) in [5, 5.41) is 3.04. The molecule has 0 aromatic carbocycles. The molecule has 2 N–H and O–H groups in total. The maximum Gasteiger partial charge on any atom is 0.472 e. The first-order valence-electron chi connectivity index (χ1n) is 29.6. The predicted molar refractivity (Wildman–Crippen MR) is 314 cm³/mol. The molecule has 0 heterocycles. The summed E-state index contributed by atoms with van der Waals surface area (Å²) in [7, 11) is 1.46. The number of unbranched alkanes of at least 4 members (excludes halogenated alkanes) is 22. The van der Waals surface area contributed by atoms with E-state index in [1.807, 2.05) is 33.3 Å². The number of nitrogens with one attached hydrogen (secondary N) is 1. The number of amides is 1. The molecule has 0 fully saturated rings. The van der Waals surface area contributed by atoms with Crippen molar-refractivity contribution >= 4 is 19.7 Å². The highest BCUT2D eigenvalue weighted by atomic mass is 31.2. The Morgan fingerprint density at radius 3 is 1.32 bits per heavy atom. The molecule has 0 aliphatic carbocycles. The van der Waals surface area contributed by atoms with Crippen molar-refractivity contribution in [2.45, 2.75) is 251 Å². The van der Waals surface area contributed by atoms with E-state index >= 15 is 0 Å². The van der Waals surface area contributed by atoms with E-state index in [0.29, 0.717) is 17.4 Å². The summed E-state index contributed by atoms with van der Waals surface area (Å²) in [5.74, 6) is -0.542. The van der Waals surface area contributed by atoms with E-state index in [4.69, 9.17) is 13.8 Å². The highest BCUT2D eigenvalue weighted by Crippen LogP contribution is 2.43. The summed E-state index contributed by atoms with van der Waals surface area (Å²) in [6.45, 7) is 6.76. The second-order valence-corrected chi connectivity index (χ2v) is 22.2. The van der Waals surface area contributed by atoms with Crippen LogP contribution in [0.4, 0.5) is 0 Å². The predicted octanol–water partition coefficient (Wildman–Crippen LogP) is 18.0. The summed E-state index contributed by atoms with van der Waals surface area (Å²) >= 11 is 0. The number of carbonyl (C=O) groups is 2. The van der Waals surface area contributed by atoms with E-state index in [2.05, 4.69) is 111 Å². The zero-order valence-corrected chi connectivity index (χ0v) is 48.7. The minimum absolute atomic E-state index is 0.0301. The van der Waals surface area contributed by atoms with Gasteiger partial charge in [0, 0.05) is 12.8 Å². The minimum atomic E-state index is -4.46. The molecule has 1 amide bonds. The molecule has 0 aromatic heterocycles. The van der Waals surface area contributed by atoms with Crippen molar-refractivity contribution in [3.05, 3.63) is 97.2 Å². The third-order valence-corrected chi connectivity index (χ3v) is 13.5. The zero-order chi connectivity index (χ0) is 53.6. The Morgan fingerprint density at radius 1 is 0.493 bits per heavy atom. The van der Waals surface area contributed by atoms with E-state index in [1.54, 1.807) is 0 Å². The van der Waals surface area contributed by atoms with E-state index in [1.165, 1.54) is 70.6 Å². The number of allylic oxidation sites excluding steroid dienone is 15. The summed E-state index contributed by atoms with van der Waals surface area (Å²) in [5.41, 5.74) is 0. The number of quaternary nitrogens is 1. The van der Waals surface area contributed by atoms with Crippen molar-refractivity contribution in [2.24, 2.45) is 0 Å². The van der Waals surface area contributed by atoms with Crippen molar-refractivity contribution in [3.8, 4) is 0 Å². The number of nitrogens with zero attached hydrogens (tertiary/aromatic N) is 1. The average molecular weight is 1040 g/mol. The summed E-state index contributed by atoms with van der Waals surface area (Å²) < 4.78 is 30.6. The second kappa shape index (κ2) is 52.4. The van der Waals surface area contributed by atoms with Gasteiger partial charge in [-0.3, -0.25) is 18.6 Å². The normalized spacial score (nSPS) is 14.5. The lowest BCUT2D eigenvalue weighted by Crippen LogP contribution is -2.47. The van der Waals surface area contributed by atoms with Crippen LogP contribution in [-0.4, -0.2) is 74.3 Å². The van der Waals surface area contributed by atoms with Gasteiger partial charge in [0.2, 0.25) is 5.91 Å². The molecule has 10 heteroatoms. The first kappa shape index (κ1) is 69.9. The van der Waals surface area contributed by atoms with Crippen molar-refractivity contribution in [1.82, 2.24) is 5.32 Å². The monoisotopic (exact) mass is 1040 g/mol. The molecule has 0 spiro atoms. The minimum Gasteiger partial charge on any atom is -0.456 e. The first-order chi connectivity index (χ1) is 35.4. The molecule has 3 unspecified atom stereocenters. The lowest BCUT2D eigenvalue weighted by Gasteiger charge is -2.27. The van der Waals surface area contributed by atoms with Crippen molar-refractivity contribution in [3.63, 3.8) is 0 Å². The molecule has 420 valence electrons. The molecule has 9 nitrogen and oxygen atoms in total. The summed E-state index contributed by atoms with van der Waals surface area (Å²) in [6.07, 6.45) is 69.7. The van der Waals surface area contributed by atoms with E-state index < -0.39 is 20.0 Å². The van der Waals surface area contributed by atoms with Gasteiger partial charge in [0.25, 0.3) is 0 Å². The molecule has 0 saturated carbocycles. The lowest BCUT2D eigenvalue weighted by molar-refractivity contribution is -0.870. The lowest BCUT2D eigenvalue weighted by atomic mass is 10.0. The molecule has 0 aromatic rings. The molecule has 0 aliphatic rings. The molecule has 0 rings (SSSR count). The van der Waals surface area contributed by atoms with Gasteiger partial charge in [0.15, 0.2) is 0 Å². The number of phosphoric acid groups is 1. The van der Waals surface area contributed by atoms with Gasteiger partial charge < -0.3 is 19.4 Å². The molecule has 0 radical (unpaired) electrons. The topological polar surface area (TPSA) is 111 Å². The van der Waals surface area contributed by atoms with E-state index in [-0.39, 0.29) is 31.5 Å². The summed E-state index contributed by atoms with van der Waals surface area (Å²) in [6, 6.07) is -0.867. The Labute approximate surface area is 449 Å². The molecule has 0 saturated heterocycles. The Bertz CT molecular complexity index is 1570. The quantitative estimate of drug-likeness (QED) is 0.0205. The van der Waals surface area contributed by atoms with E-state index in [0.717, 1.165) is 135 Å². The zero-order valence-electron chi connectivity index (χ0n) is 47.8. The van der Waals surface area contributed by atoms with Crippen molar-refractivity contribution in [2.75, 3.05) is 40.9 Å². The molecule has 3 atom stereocenters. The summed E-state index contributed by atoms with van der Waals surface area (Å²) in [4.78, 5) is 37.6. The second-order valence-electron chi connectivity index (χ2n) is 20.8. The van der Waals surface area contributed by atoms with Crippen LogP contribution in [0.25, 0.3) is 0 Å². The number of phosphoric ester groups is 1. The fourth-order valence-corrected chi connectivity index (χ4v) is 8.74. The van der Waals surface area contributed by atoms with Gasteiger partial charge in [-0.2, -0.15) is 0 Å². The number of esters is 1. The smallest absolute Gasteiger partial charge is 0.456 e. The third-order valence-electron chi connectivity index (χ3n) is 12.5. The number of likely N-dealkylation sites (N-methyl/N-ethyl adjacent to an activating group) is 1. The van der Waals surface area contributed by atoms with Gasteiger partial charge in [-0.1, -0.05) is 221 Å². The average Bonchev–Trinajstić information content (AvgIpc) is 3.35. The fraction of sp³-hybridized carbons (Fsp3) is 0.714. The molecule has 0 aliphatic heterocycles. The Kier molecular flexibility index (Phi) is 50.2. The Morgan fingerprint density at radius 2 is 0.877 bits per heavy atom. The molecule has 73 heavy (non-hydrogen) atoms. The number of rotatable bonds is 52. The van der Waals surface area contributed by atoms with Crippen LogP contribution in [0, 0.1) is 0 Å². The standard InChI is InChI=1S/C63H111N2O7P/c1-7-10-13-16-19-22-25-28-30-31-32-33-34-35-36-37-40-43-46-49-52-55-62(66)64-60(59-71-73(68,69)70-58-57-65(4,5)6)61(54-51-48-45-42-39-27-24-21-18-15-12-9-3)72-63(67)56-53-50-47-44-41-38-29-26-23-20-17-14-11-8-2/h10-11,13-14,19-20,22-23,28,30,32-33,35-36,51,54,60-61H,7-9,12,15-18,21,24-27,29,31,34,37-50,52-53,55-59H2,1-6H3,(H-,64,66,68,69)/p+1/b13-10-,14-11+,22-19-,23-20+,30-28-,33-32-,36-35-,54-51-. The van der Waals surface area contributed by atoms with Crippen LogP contribution in [0.15, 0.2) is 97.2 Å². The van der Waals surface area contributed by atoms with Crippen LogP contribution in [0.1, 0.15) is 239 Å². The van der Waals surface area contributed by atoms with Crippen LogP contribution in [0.3, 0.4) is 0 Å². The highest BCUT2D eigenvalue weighted by molar-refractivity contribution is 7.47. The van der Waals surface area contributed by atoms with Gasteiger partial charge in [-0.15, -0.1) is 0 Å². The fourth-order valence-electron chi connectivity index (χ4n) is 8.00. The number of hydrogen-bond donors (Lipinski definition) is 2. The first-order valence-corrected chi connectivity index (χ1v) is 31.1. The largest absolute Gasteiger partial charge is 0.472 e. The molecular formula is C63H112N2O7P+. The Balaban J connectivity index is 5.33. The highest BCUT2D eigenvalue weighted by Gasteiger charge is 2.30. The van der Waals surface area contributed by atoms with Crippen molar-refractivity contribution < 1.29 is 37.3 Å². The van der Waals surface area contributed by atoms with Crippen LogP contribution in [0.2, 0.25) is 0 Å². The van der Waals surface area contributed by atoms with Crippen LogP contribution in [-0.2, 0) is 27.9 Å². The van der Waals surface area contributed by atoms with Gasteiger partial charge in [0.1, 0.15) is 19.3 Å². The van der Waals surface area contributed by atoms with Crippen LogP contribution >= 0.6 is 7.82 Å². The van der Waals surface area contributed by atoms with Gasteiger partial charge >= 0.3 is 13.8 Å². The number of hydrogen-bond acceptors (Lipinski definition) is 6. The van der Waals surface area contributed by atoms with Gasteiger partial charge in [0.05, 0.1) is 33.8 Å². The van der Waals surface area contributed by atoms with Crippen LogP contribution < -0.4 is 5.32 Å². The SMILES string of the molecule is CC/C=C\C/C=C\C/C=C\C/C=C\C/C=C\CCCCCCCC(=O)NC(COP(=O)(O)OCC[N+](C)(C)C)C(/C=C\CCCCCCCCCCCC)OC(=O)CCCCCCCCC/C=C/C/C=C/CC. The number of carbonyl (C=O) groups excluding carboxylic acids is 2. The Hall–Kier alpha value is -3.07. The van der Waals surface area contributed by atoms with Crippen LogP contribution in [0.5, 0.6) is 0 Å². The van der Waals surface area contributed by atoms with Gasteiger partial charge in [-0.05, 0) is 102 Å². The maximum absolute atomic E-state index is 13.5. The van der Waals surface area contributed by atoms with E-state index in [9.17, 15) is 19.0 Å². The molecular weight excluding hydrogens is 928 g/mol. The third kappa shape index (κ3) is 53.6. The van der Waals surface area contributed by atoms with Crippen molar-refractivity contribution in [1.29, 1.82) is 0 Å². The molecule has 0 bridgehead atoms. The number of ether oxygens (including phenoxy) is 1. The maximum atomic E-state index is 13.5.